The SMILES string of the molecule is CC(C)CC(C)NC(=O)C(Cc1ccc(OP(=O)(O)O)cc1)NC(=O)Cc1cccc([N+](=O)[O-])c1. The number of amides is 2. The van der Waals surface area contributed by atoms with Crippen LogP contribution in [0.15, 0.2) is 48.5 Å². The lowest BCUT2D eigenvalue weighted by molar-refractivity contribution is -0.384. The smallest absolute Gasteiger partial charge is 0.404 e. The summed E-state index contributed by atoms with van der Waals surface area (Å²) in [5.41, 5.74) is 0.920. The number of rotatable bonds is 12. The number of nitrogens with zero attached hydrogens (tertiary/aromatic N) is 1. The van der Waals surface area contributed by atoms with Crippen molar-refractivity contribution in [3.8, 4) is 5.75 Å². The molecule has 0 aromatic heterocycles. The summed E-state index contributed by atoms with van der Waals surface area (Å²) in [6.07, 6.45) is 0.702. The lowest BCUT2D eigenvalue weighted by atomic mass is 10.0. The summed E-state index contributed by atoms with van der Waals surface area (Å²) in [7, 11) is -4.70. The second-order valence-electron chi connectivity index (χ2n) is 8.69. The van der Waals surface area contributed by atoms with Crippen LogP contribution in [-0.2, 0) is 27.0 Å². The molecule has 0 saturated carbocycles. The number of hydrogen-bond acceptors (Lipinski definition) is 6. The van der Waals surface area contributed by atoms with Crippen molar-refractivity contribution in [3.63, 3.8) is 0 Å². The van der Waals surface area contributed by atoms with E-state index in [1.54, 1.807) is 6.07 Å². The first-order valence-electron chi connectivity index (χ1n) is 11.0. The molecular formula is C23H30N3O8P. The van der Waals surface area contributed by atoms with E-state index in [-0.39, 0.29) is 36.2 Å². The summed E-state index contributed by atoms with van der Waals surface area (Å²) >= 11 is 0. The summed E-state index contributed by atoms with van der Waals surface area (Å²) in [6, 6.07) is 10.4. The second kappa shape index (κ2) is 12.4. The van der Waals surface area contributed by atoms with Crippen molar-refractivity contribution in [2.45, 2.75) is 52.1 Å². The molecule has 2 atom stereocenters. The Balaban J connectivity index is 2.15. The monoisotopic (exact) mass is 507 g/mol. The number of hydrogen-bond donors (Lipinski definition) is 4. The molecule has 12 heteroatoms. The van der Waals surface area contributed by atoms with E-state index in [4.69, 9.17) is 9.79 Å². The summed E-state index contributed by atoms with van der Waals surface area (Å²) < 4.78 is 15.5. The highest BCUT2D eigenvalue weighted by Crippen LogP contribution is 2.37. The Bertz CT molecular complexity index is 1080. The molecule has 11 nitrogen and oxygen atoms in total. The second-order valence-corrected chi connectivity index (χ2v) is 9.86. The minimum atomic E-state index is -4.70. The fraction of sp³-hybridized carbons (Fsp3) is 0.391. The molecule has 0 aliphatic rings. The Kier molecular flexibility index (Phi) is 9.94. The van der Waals surface area contributed by atoms with Gasteiger partial charge in [0, 0.05) is 24.6 Å². The predicted octanol–water partition coefficient (Wildman–Crippen LogP) is 2.89. The van der Waals surface area contributed by atoms with E-state index in [1.165, 1.54) is 42.5 Å². The van der Waals surface area contributed by atoms with E-state index >= 15 is 0 Å². The molecule has 2 aromatic rings. The van der Waals surface area contributed by atoms with Crippen molar-refractivity contribution < 1.29 is 33.4 Å². The number of nitro benzene ring substituents is 1. The first-order valence-corrected chi connectivity index (χ1v) is 12.5. The van der Waals surface area contributed by atoms with E-state index < -0.39 is 24.7 Å². The number of carbonyl (C=O) groups excluding carboxylic acids is 2. The van der Waals surface area contributed by atoms with Gasteiger partial charge in [-0.05, 0) is 42.5 Å². The molecule has 0 saturated heterocycles. The fourth-order valence-electron chi connectivity index (χ4n) is 3.59. The fourth-order valence-corrected chi connectivity index (χ4v) is 3.99. The zero-order chi connectivity index (χ0) is 26.2. The van der Waals surface area contributed by atoms with E-state index in [0.717, 1.165) is 6.42 Å². The van der Waals surface area contributed by atoms with Crippen LogP contribution in [0.25, 0.3) is 0 Å². The van der Waals surface area contributed by atoms with Gasteiger partial charge in [-0.1, -0.05) is 38.1 Å². The van der Waals surface area contributed by atoms with Crippen LogP contribution in [0.3, 0.4) is 0 Å². The van der Waals surface area contributed by atoms with Crippen LogP contribution in [0.5, 0.6) is 5.75 Å². The Labute approximate surface area is 203 Å². The van der Waals surface area contributed by atoms with Gasteiger partial charge in [-0.2, -0.15) is 0 Å². The lowest BCUT2D eigenvalue weighted by Gasteiger charge is -2.22. The van der Waals surface area contributed by atoms with Crippen molar-refractivity contribution in [2.75, 3.05) is 0 Å². The molecule has 4 N–H and O–H groups in total. The number of nitrogens with one attached hydrogen (secondary N) is 2. The van der Waals surface area contributed by atoms with Crippen molar-refractivity contribution in [2.24, 2.45) is 5.92 Å². The van der Waals surface area contributed by atoms with Crippen LogP contribution in [0, 0.1) is 16.0 Å². The maximum atomic E-state index is 13.0. The normalized spacial score (nSPS) is 13.1. The number of non-ortho nitro benzene ring substituents is 1. The molecule has 0 fully saturated rings. The van der Waals surface area contributed by atoms with Crippen LogP contribution in [0.2, 0.25) is 0 Å². The van der Waals surface area contributed by atoms with E-state index in [0.29, 0.717) is 17.0 Å². The predicted molar refractivity (Wildman–Crippen MR) is 129 cm³/mol. The standard InChI is InChI=1S/C23H30N3O8P/c1-15(2)11-16(3)24-23(28)21(13-17-7-9-20(10-8-17)34-35(31,32)33)25-22(27)14-18-5-4-6-19(12-18)26(29)30/h4-10,12,15-16,21H,11,13-14H2,1-3H3,(H,24,28)(H,25,27)(H2,31,32,33). The molecular weight excluding hydrogens is 477 g/mol. The number of benzene rings is 2. The number of phosphoric ester groups is 1. The molecule has 0 aliphatic carbocycles. The zero-order valence-electron chi connectivity index (χ0n) is 19.7. The van der Waals surface area contributed by atoms with Crippen molar-refractivity contribution in [1.29, 1.82) is 0 Å². The van der Waals surface area contributed by atoms with E-state index in [9.17, 15) is 24.3 Å². The highest BCUT2D eigenvalue weighted by atomic mass is 31.2. The largest absolute Gasteiger partial charge is 0.524 e. The highest BCUT2D eigenvalue weighted by molar-refractivity contribution is 7.46. The third kappa shape index (κ3) is 10.3. The first kappa shape index (κ1) is 28.0. The third-order valence-corrected chi connectivity index (χ3v) is 5.39. The zero-order valence-corrected chi connectivity index (χ0v) is 20.6. The maximum Gasteiger partial charge on any atom is 0.524 e. The van der Waals surface area contributed by atoms with Gasteiger partial charge in [0.2, 0.25) is 11.8 Å². The van der Waals surface area contributed by atoms with E-state index in [1.807, 2.05) is 20.8 Å². The topological polar surface area (TPSA) is 168 Å². The molecule has 2 rings (SSSR count). The number of phosphoric acid groups is 1. The molecule has 0 bridgehead atoms. The molecule has 2 aromatic carbocycles. The van der Waals surface area contributed by atoms with Gasteiger partial charge < -0.3 is 15.2 Å². The number of nitro groups is 1. The molecule has 0 radical (unpaired) electrons. The lowest BCUT2D eigenvalue weighted by Crippen LogP contribution is -2.50. The molecule has 0 heterocycles. The van der Waals surface area contributed by atoms with Crippen LogP contribution >= 0.6 is 7.82 Å². The van der Waals surface area contributed by atoms with Gasteiger partial charge in [0.15, 0.2) is 0 Å². The van der Waals surface area contributed by atoms with E-state index in [2.05, 4.69) is 15.2 Å². The summed E-state index contributed by atoms with van der Waals surface area (Å²) in [5, 5.41) is 16.6. The summed E-state index contributed by atoms with van der Waals surface area (Å²) in [6.45, 7) is 5.93. The van der Waals surface area contributed by atoms with Crippen LogP contribution in [0.4, 0.5) is 5.69 Å². The molecule has 190 valence electrons. The molecule has 2 amide bonds. The maximum absolute atomic E-state index is 13.0. The van der Waals surface area contributed by atoms with Crippen molar-refractivity contribution in [1.82, 2.24) is 10.6 Å². The average molecular weight is 507 g/mol. The van der Waals surface area contributed by atoms with Gasteiger partial charge in [0.25, 0.3) is 5.69 Å². The Hall–Kier alpha value is -3.27. The Morgan fingerprint density at radius 1 is 1.06 bits per heavy atom. The van der Waals surface area contributed by atoms with Crippen LogP contribution in [0.1, 0.15) is 38.3 Å². The van der Waals surface area contributed by atoms with Crippen LogP contribution < -0.4 is 15.2 Å². The average Bonchev–Trinajstić information content (AvgIpc) is 2.73. The van der Waals surface area contributed by atoms with Crippen molar-refractivity contribution in [3.05, 3.63) is 69.8 Å². The van der Waals surface area contributed by atoms with Gasteiger partial charge >= 0.3 is 7.82 Å². The number of carbonyl (C=O) groups is 2. The van der Waals surface area contributed by atoms with Gasteiger partial charge in [-0.15, -0.1) is 0 Å². The molecule has 35 heavy (non-hydrogen) atoms. The molecule has 2 unspecified atom stereocenters. The van der Waals surface area contributed by atoms with Gasteiger partial charge in [-0.25, -0.2) is 4.57 Å². The van der Waals surface area contributed by atoms with Gasteiger partial charge in [0.1, 0.15) is 11.8 Å². The third-order valence-electron chi connectivity index (χ3n) is 4.94. The molecule has 0 spiro atoms. The van der Waals surface area contributed by atoms with Gasteiger partial charge in [0.05, 0.1) is 11.3 Å². The Morgan fingerprint density at radius 3 is 2.29 bits per heavy atom. The summed E-state index contributed by atoms with van der Waals surface area (Å²) in [5.74, 6) is -0.554. The minimum absolute atomic E-state index is 0.0386. The van der Waals surface area contributed by atoms with Crippen molar-refractivity contribution >= 4 is 25.3 Å². The molecule has 0 aliphatic heterocycles. The quantitative estimate of drug-likeness (QED) is 0.193. The van der Waals surface area contributed by atoms with Gasteiger partial charge in [-0.3, -0.25) is 29.5 Å². The minimum Gasteiger partial charge on any atom is -0.404 e. The first-order chi connectivity index (χ1) is 16.3. The highest BCUT2D eigenvalue weighted by Gasteiger charge is 2.24. The van der Waals surface area contributed by atoms with Crippen LogP contribution in [-0.4, -0.2) is 38.6 Å². The summed E-state index contributed by atoms with van der Waals surface area (Å²) in [4.78, 5) is 54.0. The Morgan fingerprint density at radius 2 is 1.71 bits per heavy atom.